The van der Waals surface area contributed by atoms with Gasteiger partial charge in [-0.05, 0) is 17.7 Å². The Morgan fingerprint density at radius 3 is 2.88 bits per heavy atom. The van der Waals surface area contributed by atoms with Crippen LogP contribution in [0.1, 0.15) is 24.5 Å². The Labute approximate surface area is 144 Å². The molecular weight excluding hydrogens is 328 g/mol. The zero-order valence-corrected chi connectivity index (χ0v) is 14.0. The number of aryl methyl sites for hydroxylation is 1. The van der Waals surface area contributed by atoms with E-state index in [1.54, 1.807) is 0 Å². The minimum Gasteiger partial charge on any atom is -0.422 e. The summed E-state index contributed by atoms with van der Waals surface area (Å²) >= 11 is 5.97. The smallest absolute Gasteiger partial charge is 0.252 e. The van der Waals surface area contributed by atoms with Crippen LogP contribution in [0, 0.1) is 0 Å². The van der Waals surface area contributed by atoms with Gasteiger partial charge in [0.25, 0.3) is 5.71 Å². The lowest BCUT2D eigenvalue weighted by atomic mass is 10.1. The van der Waals surface area contributed by atoms with Gasteiger partial charge in [-0.25, -0.2) is 9.97 Å². The number of ether oxygens (including phenoxy) is 1. The van der Waals surface area contributed by atoms with Gasteiger partial charge in [-0.1, -0.05) is 30.7 Å². The summed E-state index contributed by atoms with van der Waals surface area (Å²) < 4.78 is 11.6. The largest absolute Gasteiger partial charge is 0.422 e. The number of halogens is 1. The first kappa shape index (κ1) is 15.4. The van der Waals surface area contributed by atoms with Crippen LogP contribution in [0.25, 0.3) is 11.2 Å². The van der Waals surface area contributed by atoms with E-state index in [0.29, 0.717) is 30.3 Å². The van der Waals surface area contributed by atoms with Gasteiger partial charge in [0.15, 0.2) is 17.2 Å². The minimum atomic E-state index is -0.0291. The fraction of sp³-hybridized carbons (Fsp3) is 0.353. The van der Waals surface area contributed by atoms with E-state index >= 15 is 0 Å². The second-order valence-electron chi connectivity index (χ2n) is 5.67. The van der Waals surface area contributed by atoms with E-state index in [9.17, 15) is 0 Å². The van der Waals surface area contributed by atoms with Crippen LogP contribution in [0.2, 0.25) is 5.02 Å². The third kappa shape index (κ3) is 2.83. The molecule has 1 unspecified atom stereocenters. The zero-order valence-electron chi connectivity index (χ0n) is 13.3. The average Bonchev–Trinajstić information content (AvgIpc) is 3.06. The SMILES string of the molecule is CCc1nc2c(N3CCOC(c4ccc(Cl)cc4)C3)ncnc2o1. The number of morpholine rings is 1. The Kier molecular flexibility index (Phi) is 4.08. The summed E-state index contributed by atoms with van der Waals surface area (Å²) in [6.45, 7) is 4.08. The molecule has 1 fully saturated rings. The Bertz CT molecular complexity index is 849. The number of rotatable bonds is 3. The summed E-state index contributed by atoms with van der Waals surface area (Å²) in [5, 5.41) is 0.721. The minimum absolute atomic E-state index is 0.0291. The molecule has 1 aliphatic heterocycles. The van der Waals surface area contributed by atoms with Crippen molar-refractivity contribution in [3.05, 3.63) is 47.1 Å². The quantitative estimate of drug-likeness (QED) is 0.725. The average molecular weight is 345 g/mol. The number of aromatic nitrogens is 3. The fourth-order valence-corrected chi connectivity index (χ4v) is 3.01. The number of nitrogens with zero attached hydrogens (tertiary/aromatic N) is 4. The number of oxazole rings is 1. The highest BCUT2D eigenvalue weighted by molar-refractivity contribution is 6.30. The van der Waals surface area contributed by atoms with Crippen molar-refractivity contribution in [1.29, 1.82) is 0 Å². The van der Waals surface area contributed by atoms with Gasteiger partial charge >= 0.3 is 0 Å². The molecule has 7 heteroatoms. The van der Waals surface area contributed by atoms with Crippen LogP contribution >= 0.6 is 11.6 Å². The Morgan fingerprint density at radius 1 is 1.25 bits per heavy atom. The standard InChI is InChI=1S/C17H17ClN4O2/c1-2-14-21-15-16(19-10-20-17(15)24-14)22-7-8-23-13(9-22)11-3-5-12(18)6-4-11/h3-6,10,13H,2,7-9H2,1H3. The van der Waals surface area contributed by atoms with E-state index in [1.807, 2.05) is 31.2 Å². The zero-order chi connectivity index (χ0) is 16.5. The summed E-state index contributed by atoms with van der Waals surface area (Å²) in [5.74, 6) is 1.47. The van der Waals surface area contributed by atoms with Crippen LogP contribution in [-0.2, 0) is 11.2 Å². The van der Waals surface area contributed by atoms with E-state index in [2.05, 4.69) is 19.9 Å². The molecule has 3 aromatic rings. The lowest BCUT2D eigenvalue weighted by Gasteiger charge is -2.33. The molecule has 4 rings (SSSR count). The molecule has 0 aliphatic carbocycles. The number of benzene rings is 1. The summed E-state index contributed by atoms with van der Waals surface area (Å²) in [4.78, 5) is 15.3. The molecule has 1 aromatic carbocycles. The molecule has 2 aromatic heterocycles. The number of anilines is 1. The van der Waals surface area contributed by atoms with Crippen LogP contribution in [0.5, 0.6) is 0 Å². The highest BCUT2D eigenvalue weighted by Crippen LogP contribution is 2.29. The highest BCUT2D eigenvalue weighted by atomic mass is 35.5. The van der Waals surface area contributed by atoms with Crippen LogP contribution in [0.4, 0.5) is 5.82 Å². The van der Waals surface area contributed by atoms with Crippen molar-refractivity contribution in [1.82, 2.24) is 15.0 Å². The molecule has 6 nitrogen and oxygen atoms in total. The van der Waals surface area contributed by atoms with Gasteiger partial charge < -0.3 is 14.1 Å². The highest BCUT2D eigenvalue weighted by Gasteiger charge is 2.25. The summed E-state index contributed by atoms with van der Waals surface area (Å²) in [6, 6.07) is 7.76. The molecule has 24 heavy (non-hydrogen) atoms. The number of fused-ring (bicyclic) bond motifs is 1. The second-order valence-corrected chi connectivity index (χ2v) is 6.11. The first-order valence-corrected chi connectivity index (χ1v) is 8.35. The first-order valence-electron chi connectivity index (χ1n) is 7.97. The molecule has 0 N–H and O–H groups in total. The lowest BCUT2D eigenvalue weighted by molar-refractivity contribution is 0.0396. The maximum Gasteiger partial charge on any atom is 0.252 e. The summed E-state index contributed by atoms with van der Waals surface area (Å²) in [6.07, 6.45) is 2.22. The predicted octanol–water partition coefficient (Wildman–Crippen LogP) is 3.41. The van der Waals surface area contributed by atoms with Crippen LogP contribution in [0.15, 0.2) is 35.0 Å². The topological polar surface area (TPSA) is 64.3 Å². The molecule has 0 amide bonds. The molecule has 124 valence electrons. The predicted molar refractivity (Wildman–Crippen MR) is 91.3 cm³/mol. The van der Waals surface area contributed by atoms with Crippen molar-refractivity contribution in [2.45, 2.75) is 19.4 Å². The van der Waals surface area contributed by atoms with E-state index in [-0.39, 0.29) is 6.10 Å². The molecule has 1 atom stereocenters. The van der Waals surface area contributed by atoms with Crippen molar-refractivity contribution < 1.29 is 9.15 Å². The molecule has 0 bridgehead atoms. The summed E-state index contributed by atoms with van der Waals surface area (Å²) in [5.41, 5.74) is 2.35. The van der Waals surface area contributed by atoms with Crippen molar-refractivity contribution in [2.75, 3.05) is 24.6 Å². The first-order chi connectivity index (χ1) is 11.7. The van der Waals surface area contributed by atoms with Crippen LogP contribution < -0.4 is 4.90 Å². The van der Waals surface area contributed by atoms with Gasteiger partial charge in [0, 0.05) is 24.5 Å². The molecule has 1 aliphatic rings. The van der Waals surface area contributed by atoms with E-state index in [1.165, 1.54) is 6.33 Å². The van der Waals surface area contributed by atoms with Crippen molar-refractivity contribution >= 4 is 28.6 Å². The Morgan fingerprint density at radius 2 is 2.08 bits per heavy atom. The van der Waals surface area contributed by atoms with E-state index in [0.717, 1.165) is 29.4 Å². The van der Waals surface area contributed by atoms with Crippen LogP contribution in [0.3, 0.4) is 0 Å². The van der Waals surface area contributed by atoms with Gasteiger partial charge in [-0.15, -0.1) is 0 Å². The third-order valence-electron chi connectivity index (χ3n) is 4.13. The van der Waals surface area contributed by atoms with E-state index < -0.39 is 0 Å². The molecule has 0 spiro atoms. The van der Waals surface area contributed by atoms with Gasteiger partial charge in [0.2, 0.25) is 0 Å². The molecule has 0 radical (unpaired) electrons. The molecule has 1 saturated heterocycles. The molecule has 3 heterocycles. The number of hydrogen-bond acceptors (Lipinski definition) is 6. The Balaban J connectivity index is 1.64. The summed E-state index contributed by atoms with van der Waals surface area (Å²) in [7, 11) is 0. The van der Waals surface area contributed by atoms with Gasteiger partial charge in [-0.2, -0.15) is 4.98 Å². The maximum absolute atomic E-state index is 5.97. The lowest BCUT2D eigenvalue weighted by Crippen LogP contribution is -2.39. The molecule has 0 saturated carbocycles. The monoisotopic (exact) mass is 344 g/mol. The second kappa shape index (κ2) is 6.37. The van der Waals surface area contributed by atoms with Crippen molar-refractivity contribution in [3.8, 4) is 0 Å². The number of hydrogen-bond donors (Lipinski definition) is 0. The van der Waals surface area contributed by atoms with E-state index in [4.69, 9.17) is 20.8 Å². The van der Waals surface area contributed by atoms with Gasteiger partial charge in [-0.3, -0.25) is 0 Å². The maximum atomic E-state index is 5.97. The molecular formula is C17H17ClN4O2. The fourth-order valence-electron chi connectivity index (χ4n) is 2.89. The third-order valence-corrected chi connectivity index (χ3v) is 4.38. The Hall–Kier alpha value is -2.18. The van der Waals surface area contributed by atoms with Crippen molar-refractivity contribution in [3.63, 3.8) is 0 Å². The normalized spacial score (nSPS) is 18.2. The van der Waals surface area contributed by atoms with Crippen molar-refractivity contribution in [2.24, 2.45) is 0 Å². The van der Waals surface area contributed by atoms with Crippen LogP contribution in [-0.4, -0.2) is 34.6 Å². The van der Waals surface area contributed by atoms with Gasteiger partial charge in [0.05, 0.1) is 6.61 Å². The van der Waals surface area contributed by atoms with Gasteiger partial charge in [0.1, 0.15) is 12.4 Å².